The minimum atomic E-state index is -0.393. The maximum Gasteiger partial charge on any atom is 0.491 e. The lowest BCUT2D eigenvalue weighted by Crippen LogP contribution is -2.41. The number of aryl methyl sites for hydroxylation is 2. The molecule has 5 heteroatoms. The van der Waals surface area contributed by atoms with E-state index in [1.165, 1.54) is 0 Å². The Labute approximate surface area is 139 Å². The Bertz CT molecular complexity index is 569. The van der Waals surface area contributed by atoms with Gasteiger partial charge in [-0.15, -0.1) is 0 Å². The van der Waals surface area contributed by atoms with E-state index < -0.39 is 7.12 Å². The zero-order valence-electron chi connectivity index (χ0n) is 14.2. The summed E-state index contributed by atoms with van der Waals surface area (Å²) in [4.78, 5) is 0. The first-order chi connectivity index (χ1) is 10.1. The first-order valence-electron chi connectivity index (χ1n) is 7.54. The van der Waals surface area contributed by atoms with Crippen molar-refractivity contribution in [3.8, 4) is 5.75 Å². The normalized spacial score (nSPS) is 20.5. The van der Waals surface area contributed by atoms with E-state index in [9.17, 15) is 5.11 Å². The number of aromatic hydroxyl groups is 1. The van der Waals surface area contributed by atoms with Crippen LogP contribution in [-0.2, 0) is 9.31 Å². The summed E-state index contributed by atoms with van der Waals surface area (Å²) in [6.07, 6.45) is 2.07. The fraction of sp³-hybridized carbons (Fsp3) is 0.529. The predicted molar refractivity (Wildman–Crippen MR) is 95.5 cm³/mol. The van der Waals surface area contributed by atoms with E-state index in [1.54, 1.807) is 12.1 Å². The van der Waals surface area contributed by atoms with Gasteiger partial charge in [0.15, 0.2) is 0 Å². The molecule has 3 nitrogen and oxygen atoms in total. The van der Waals surface area contributed by atoms with E-state index in [2.05, 4.69) is 18.7 Å². The molecule has 2 rings (SSSR count). The molecule has 1 aromatic rings. The number of phenolic OH excluding ortho intramolecular Hbond substituents is 1. The number of hydrogen-bond donors (Lipinski definition) is 2. The van der Waals surface area contributed by atoms with Crippen LogP contribution in [0.3, 0.4) is 0 Å². The third-order valence-electron chi connectivity index (χ3n) is 4.65. The average Bonchev–Trinajstić information content (AvgIpc) is 2.57. The topological polar surface area (TPSA) is 38.7 Å². The molecule has 1 aliphatic rings. The minimum absolute atomic E-state index is 0.287. The lowest BCUT2D eigenvalue weighted by atomic mass is 9.77. The Balaban J connectivity index is 2.38. The first kappa shape index (κ1) is 17.4. The molecule has 0 unspecified atom stereocenters. The lowest BCUT2D eigenvalue weighted by molar-refractivity contribution is 0.00578. The van der Waals surface area contributed by atoms with Gasteiger partial charge in [0.25, 0.3) is 0 Å². The Morgan fingerprint density at radius 3 is 2.00 bits per heavy atom. The zero-order valence-corrected chi connectivity index (χ0v) is 15.1. The molecule has 1 saturated heterocycles. The van der Waals surface area contributed by atoms with E-state index in [4.69, 9.17) is 9.31 Å². The quantitative estimate of drug-likeness (QED) is 0.654. The second kappa shape index (κ2) is 5.95. The summed E-state index contributed by atoms with van der Waals surface area (Å²) in [6.45, 7) is 12.1. The van der Waals surface area contributed by atoms with Crippen molar-refractivity contribution < 1.29 is 14.4 Å². The van der Waals surface area contributed by atoms with Gasteiger partial charge in [0.1, 0.15) is 5.75 Å². The maximum atomic E-state index is 9.67. The molecule has 0 radical (unpaired) electrons. The van der Waals surface area contributed by atoms with Crippen LogP contribution in [0.15, 0.2) is 17.6 Å². The summed E-state index contributed by atoms with van der Waals surface area (Å²) < 4.78 is 12.2. The first-order valence-corrected chi connectivity index (χ1v) is 8.18. The summed E-state index contributed by atoms with van der Waals surface area (Å²) in [5.74, 6) is 0.839. The summed E-state index contributed by atoms with van der Waals surface area (Å²) >= 11 is 4.45. The molecule has 120 valence electrons. The summed E-state index contributed by atoms with van der Waals surface area (Å²) in [5.41, 5.74) is 3.38. The number of benzene rings is 1. The Morgan fingerprint density at radius 1 is 1.14 bits per heavy atom. The Morgan fingerprint density at radius 2 is 1.59 bits per heavy atom. The third-order valence-corrected chi connectivity index (χ3v) is 5.01. The molecule has 1 aliphatic heterocycles. The number of hydrogen-bond acceptors (Lipinski definition) is 4. The van der Waals surface area contributed by atoms with Gasteiger partial charge in [0.05, 0.1) is 11.2 Å². The standard InChI is InChI=1S/C17H25BO3S/c1-11-7-14(19)8-12(2)15(11)9-13(10-22)18-20-16(3,4)17(5,6)21-18/h7-9,19,22H,10H2,1-6H3. The molecule has 0 aromatic heterocycles. The smallest absolute Gasteiger partial charge is 0.491 e. The molecule has 0 aliphatic carbocycles. The molecule has 1 fully saturated rings. The van der Waals surface area contributed by atoms with E-state index in [0.717, 1.165) is 22.2 Å². The molecule has 0 spiro atoms. The van der Waals surface area contributed by atoms with Gasteiger partial charge >= 0.3 is 7.12 Å². The van der Waals surface area contributed by atoms with Crippen LogP contribution >= 0.6 is 12.6 Å². The van der Waals surface area contributed by atoms with E-state index in [1.807, 2.05) is 41.5 Å². The summed E-state index contributed by atoms with van der Waals surface area (Å²) in [7, 11) is -0.393. The van der Waals surface area contributed by atoms with Crippen molar-refractivity contribution in [3.05, 3.63) is 34.3 Å². The molecule has 22 heavy (non-hydrogen) atoms. The largest absolute Gasteiger partial charge is 0.508 e. The molecule has 0 bridgehead atoms. The summed E-state index contributed by atoms with van der Waals surface area (Å²) in [6, 6.07) is 3.53. The second-order valence-electron chi connectivity index (χ2n) is 6.96. The van der Waals surface area contributed by atoms with Gasteiger partial charge in [-0.05, 0) is 75.8 Å². The van der Waals surface area contributed by atoms with Crippen molar-refractivity contribution in [2.24, 2.45) is 0 Å². The monoisotopic (exact) mass is 320 g/mol. The highest BCUT2D eigenvalue weighted by Crippen LogP contribution is 2.39. The van der Waals surface area contributed by atoms with Gasteiger partial charge < -0.3 is 14.4 Å². The van der Waals surface area contributed by atoms with Crippen molar-refractivity contribution in [2.45, 2.75) is 52.7 Å². The summed E-state index contributed by atoms with van der Waals surface area (Å²) in [5, 5.41) is 9.67. The van der Waals surface area contributed by atoms with Crippen LogP contribution in [0, 0.1) is 13.8 Å². The van der Waals surface area contributed by atoms with Crippen LogP contribution in [0.5, 0.6) is 5.75 Å². The molecule has 0 saturated carbocycles. The average molecular weight is 320 g/mol. The predicted octanol–water partition coefficient (Wildman–Crippen LogP) is 3.95. The maximum absolute atomic E-state index is 9.67. The van der Waals surface area contributed by atoms with Crippen LogP contribution in [0.1, 0.15) is 44.4 Å². The van der Waals surface area contributed by atoms with Crippen molar-refractivity contribution in [3.63, 3.8) is 0 Å². The Hall–Kier alpha value is -0.905. The van der Waals surface area contributed by atoms with E-state index in [0.29, 0.717) is 5.75 Å². The van der Waals surface area contributed by atoms with Gasteiger partial charge in [-0.25, -0.2) is 0 Å². The highest BCUT2D eigenvalue weighted by atomic mass is 32.1. The fourth-order valence-electron chi connectivity index (χ4n) is 2.55. The highest BCUT2D eigenvalue weighted by molar-refractivity contribution is 7.80. The molecule has 1 aromatic carbocycles. The molecule has 0 amide bonds. The number of rotatable bonds is 3. The van der Waals surface area contributed by atoms with Gasteiger partial charge in [-0.3, -0.25) is 0 Å². The van der Waals surface area contributed by atoms with Crippen LogP contribution in [0.2, 0.25) is 0 Å². The third kappa shape index (κ3) is 3.22. The van der Waals surface area contributed by atoms with Crippen molar-refractivity contribution in [1.82, 2.24) is 0 Å². The Kier molecular flexibility index (Phi) is 4.72. The fourth-order valence-corrected chi connectivity index (χ4v) is 2.79. The van der Waals surface area contributed by atoms with Gasteiger partial charge in [-0.2, -0.15) is 12.6 Å². The second-order valence-corrected chi connectivity index (χ2v) is 7.28. The van der Waals surface area contributed by atoms with Gasteiger partial charge in [-0.1, -0.05) is 6.08 Å². The molecular formula is C17H25BO3S. The van der Waals surface area contributed by atoms with Crippen LogP contribution in [0.4, 0.5) is 0 Å². The van der Waals surface area contributed by atoms with Crippen LogP contribution < -0.4 is 0 Å². The van der Waals surface area contributed by atoms with Crippen molar-refractivity contribution in [2.75, 3.05) is 5.75 Å². The molecule has 1 heterocycles. The van der Waals surface area contributed by atoms with Crippen LogP contribution in [0.25, 0.3) is 6.08 Å². The highest BCUT2D eigenvalue weighted by Gasteiger charge is 2.52. The molecule has 1 N–H and O–H groups in total. The number of thiol groups is 1. The van der Waals surface area contributed by atoms with E-state index >= 15 is 0 Å². The molecular weight excluding hydrogens is 295 g/mol. The molecule has 0 atom stereocenters. The van der Waals surface area contributed by atoms with Crippen molar-refractivity contribution in [1.29, 1.82) is 0 Å². The number of phenols is 1. The minimum Gasteiger partial charge on any atom is -0.508 e. The van der Waals surface area contributed by atoms with Gasteiger partial charge in [0, 0.05) is 5.75 Å². The van der Waals surface area contributed by atoms with Gasteiger partial charge in [0.2, 0.25) is 0 Å². The lowest BCUT2D eigenvalue weighted by Gasteiger charge is -2.32. The van der Waals surface area contributed by atoms with E-state index in [-0.39, 0.29) is 17.0 Å². The zero-order chi connectivity index (χ0) is 16.7. The van der Waals surface area contributed by atoms with Crippen molar-refractivity contribution >= 4 is 25.8 Å². The van der Waals surface area contributed by atoms with Crippen LogP contribution in [-0.4, -0.2) is 29.2 Å². The SMILES string of the molecule is Cc1cc(O)cc(C)c1C=C(CS)B1OC(C)(C)C(C)(C)O1.